The summed E-state index contributed by atoms with van der Waals surface area (Å²) in [6.07, 6.45) is 2.82. The van der Waals surface area contributed by atoms with Crippen molar-refractivity contribution in [3.8, 4) is 0 Å². The van der Waals surface area contributed by atoms with Crippen molar-refractivity contribution in [3.63, 3.8) is 0 Å². The van der Waals surface area contributed by atoms with Crippen molar-refractivity contribution >= 4 is 35.1 Å². The van der Waals surface area contributed by atoms with Gasteiger partial charge in [0, 0.05) is 32.4 Å². The molecule has 3 heterocycles. The highest BCUT2D eigenvalue weighted by atomic mass is 19.1. The third-order valence-electron chi connectivity index (χ3n) is 6.82. The summed E-state index contributed by atoms with van der Waals surface area (Å²) in [4.78, 5) is 63.3. The molecule has 1 spiro atoms. The predicted molar refractivity (Wildman–Crippen MR) is 101 cm³/mol. The van der Waals surface area contributed by atoms with Crippen LogP contribution in [0.2, 0.25) is 0 Å². The normalized spacial score (nSPS) is 25.5. The average Bonchev–Trinajstić information content (AvgIpc) is 2.91. The van der Waals surface area contributed by atoms with Gasteiger partial charge in [0.15, 0.2) is 0 Å². The molecule has 1 unspecified atom stereocenters. The Hall–Kier alpha value is -3.10. The molecular formula is C21H20FN3O5. The number of Topliss-reactive ketones (excluding diaryl/α,β-unsaturated/α-hetero) is 1. The zero-order valence-corrected chi connectivity index (χ0v) is 16.2. The Morgan fingerprint density at radius 2 is 1.60 bits per heavy atom. The highest BCUT2D eigenvalue weighted by Gasteiger charge is 2.47. The number of amides is 4. The second-order valence-corrected chi connectivity index (χ2v) is 8.68. The van der Waals surface area contributed by atoms with Crippen LogP contribution in [0.15, 0.2) is 12.1 Å². The lowest BCUT2D eigenvalue weighted by atomic mass is 9.62. The van der Waals surface area contributed by atoms with Gasteiger partial charge in [-0.1, -0.05) is 0 Å². The SMILES string of the molecule is O=C1CC2(CCN(c3cc4c(cc3F)C(=O)N(C3CCC(=O)NC3=O)C4=O)CC2)C1. The summed E-state index contributed by atoms with van der Waals surface area (Å²) in [6, 6.07) is 1.38. The summed E-state index contributed by atoms with van der Waals surface area (Å²) in [5.41, 5.74) is 0.291. The van der Waals surface area contributed by atoms with Gasteiger partial charge in [-0.2, -0.15) is 0 Å². The van der Waals surface area contributed by atoms with Crippen molar-refractivity contribution in [2.24, 2.45) is 5.41 Å². The molecule has 2 saturated heterocycles. The molecule has 9 heteroatoms. The molecule has 1 aliphatic carbocycles. The number of halogens is 1. The van der Waals surface area contributed by atoms with E-state index >= 15 is 0 Å². The lowest BCUT2D eigenvalue weighted by Crippen LogP contribution is -2.54. The van der Waals surface area contributed by atoms with E-state index in [1.807, 2.05) is 4.90 Å². The minimum absolute atomic E-state index is 0.0292. The van der Waals surface area contributed by atoms with Crippen molar-refractivity contribution in [3.05, 3.63) is 29.1 Å². The van der Waals surface area contributed by atoms with Gasteiger partial charge in [0.1, 0.15) is 17.6 Å². The van der Waals surface area contributed by atoms with Crippen LogP contribution in [0.3, 0.4) is 0 Å². The van der Waals surface area contributed by atoms with Gasteiger partial charge in [-0.3, -0.25) is 34.2 Å². The third-order valence-corrected chi connectivity index (χ3v) is 6.82. The van der Waals surface area contributed by atoms with Gasteiger partial charge in [0.05, 0.1) is 16.8 Å². The highest BCUT2D eigenvalue weighted by molar-refractivity contribution is 6.23. The van der Waals surface area contributed by atoms with Gasteiger partial charge in [-0.05, 0) is 36.8 Å². The van der Waals surface area contributed by atoms with Crippen molar-refractivity contribution < 1.29 is 28.4 Å². The fourth-order valence-corrected chi connectivity index (χ4v) is 5.08. The number of benzene rings is 1. The molecule has 5 rings (SSSR count). The Morgan fingerprint density at radius 3 is 2.20 bits per heavy atom. The zero-order valence-electron chi connectivity index (χ0n) is 16.2. The molecule has 30 heavy (non-hydrogen) atoms. The van der Waals surface area contributed by atoms with E-state index in [1.165, 1.54) is 6.07 Å². The monoisotopic (exact) mass is 413 g/mol. The lowest BCUT2D eigenvalue weighted by molar-refractivity contribution is -0.136. The van der Waals surface area contributed by atoms with E-state index in [-0.39, 0.29) is 40.9 Å². The van der Waals surface area contributed by atoms with Crippen LogP contribution in [-0.2, 0) is 14.4 Å². The summed E-state index contributed by atoms with van der Waals surface area (Å²) < 4.78 is 14.9. The van der Waals surface area contributed by atoms with Crippen LogP contribution in [0.5, 0.6) is 0 Å². The van der Waals surface area contributed by atoms with E-state index in [1.54, 1.807) is 0 Å². The van der Waals surface area contributed by atoms with Crippen molar-refractivity contribution in [2.75, 3.05) is 18.0 Å². The molecule has 1 saturated carbocycles. The summed E-state index contributed by atoms with van der Waals surface area (Å²) in [7, 11) is 0. The number of carbonyl (C=O) groups excluding carboxylic acids is 5. The number of imide groups is 2. The van der Waals surface area contributed by atoms with E-state index in [0.29, 0.717) is 25.9 Å². The average molecular weight is 413 g/mol. The maximum Gasteiger partial charge on any atom is 0.262 e. The highest BCUT2D eigenvalue weighted by Crippen LogP contribution is 2.47. The Bertz CT molecular complexity index is 1020. The van der Waals surface area contributed by atoms with Crippen molar-refractivity contribution in [1.82, 2.24) is 10.2 Å². The second kappa shape index (κ2) is 6.45. The summed E-state index contributed by atoms with van der Waals surface area (Å²) >= 11 is 0. The van der Waals surface area contributed by atoms with Crippen LogP contribution in [0.4, 0.5) is 10.1 Å². The maximum atomic E-state index is 14.9. The molecule has 0 bridgehead atoms. The Morgan fingerprint density at radius 1 is 0.967 bits per heavy atom. The van der Waals surface area contributed by atoms with E-state index < -0.39 is 35.5 Å². The molecule has 4 amide bonds. The van der Waals surface area contributed by atoms with Crippen molar-refractivity contribution in [1.29, 1.82) is 0 Å². The lowest BCUT2D eigenvalue weighted by Gasteiger charge is -2.47. The van der Waals surface area contributed by atoms with E-state index in [2.05, 4.69) is 5.32 Å². The first-order valence-electron chi connectivity index (χ1n) is 10.1. The molecule has 1 aromatic rings. The first-order valence-corrected chi connectivity index (χ1v) is 10.1. The predicted octanol–water partition coefficient (Wildman–Crippen LogP) is 1.18. The fourth-order valence-electron chi connectivity index (χ4n) is 5.08. The molecule has 0 radical (unpaired) electrons. The molecule has 4 aliphatic rings. The smallest absolute Gasteiger partial charge is 0.262 e. The molecular weight excluding hydrogens is 393 g/mol. The number of rotatable bonds is 2. The number of ketones is 1. The van der Waals surface area contributed by atoms with Gasteiger partial charge >= 0.3 is 0 Å². The molecule has 0 aromatic heterocycles. The van der Waals surface area contributed by atoms with E-state index in [0.717, 1.165) is 23.8 Å². The molecule has 156 valence electrons. The zero-order chi connectivity index (χ0) is 21.2. The molecule has 1 N–H and O–H groups in total. The number of hydrogen-bond donors (Lipinski definition) is 1. The Kier molecular flexibility index (Phi) is 4.06. The molecule has 3 aliphatic heterocycles. The fraction of sp³-hybridized carbons (Fsp3) is 0.476. The Balaban J connectivity index is 1.40. The van der Waals surface area contributed by atoms with Crippen LogP contribution in [-0.4, -0.2) is 53.4 Å². The van der Waals surface area contributed by atoms with Gasteiger partial charge in [0.25, 0.3) is 11.8 Å². The van der Waals surface area contributed by atoms with Crippen molar-refractivity contribution in [2.45, 2.75) is 44.6 Å². The Labute approximate surface area is 171 Å². The van der Waals surface area contributed by atoms with Gasteiger partial charge in [-0.25, -0.2) is 4.39 Å². The number of hydrogen-bond acceptors (Lipinski definition) is 6. The number of nitrogens with one attached hydrogen (secondary N) is 1. The standard InChI is InChI=1S/C21H20FN3O5/c22-14-7-12-13(8-16(14)24-5-3-21(4-6-24)9-11(26)10-21)20(30)25(19(12)29)15-1-2-17(27)23-18(15)28/h7-8,15H,1-6,9-10H2,(H,23,27,28). The van der Waals surface area contributed by atoms with Gasteiger partial charge < -0.3 is 4.90 Å². The van der Waals surface area contributed by atoms with E-state index in [4.69, 9.17) is 0 Å². The quantitative estimate of drug-likeness (QED) is 0.731. The van der Waals surface area contributed by atoms with Crippen LogP contribution < -0.4 is 10.2 Å². The number of carbonyl (C=O) groups is 5. The third kappa shape index (κ3) is 2.75. The molecule has 3 fully saturated rings. The van der Waals surface area contributed by atoms with E-state index in [9.17, 15) is 28.4 Å². The minimum Gasteiger partial charge on any atom is -0.369 e. The summed E-state index contributed by atoms with van der Waals surface area (Å²) in [5, 5.41) is 2.14. The molecule has 1 aromatic carbocycles. The van der Waals surface area contributed by atoms with Crippen LogP contribution in [0.25, 0.3) is 0 Å². The number of fused-ring (bicyclic) bond motifs is 1. The van der Waals surface area contributed by atoms with Crippen LogP contribution in [0.1, 0.15) is 59.2 Å². The van der Waals surface area contributed by atoms with Crippen LogP contribution >= 0.6 is 0 Å². The topological polar surface area (TPSA) is 104 Å². The number of nitrogens with zero attached hydrogens (tertiary/aromatic N) is 2. The first-order chi connectivity index (χ1) is 14.3. The van der Waals surface area contributed by atoms with Crippen LogP contribution in [0, 0.1) is 11.2 Å². The van der Waals surface area contributed by atoms with Gasteiger partial charge in [0.2, 0.25) is 11.8 Å². The largest absolute Gasteiger partial charge is 0.369 e. The molecule has 8 nitrogen and oxygen atoms in total. The summed E-state index contributed by atoms with van der Waals surface area (Å²) in [6.45, 7) is 1.14. The minimum atomic E-state index is -1.08. The maximum absolute atomic E-state index is 14.9. The number of piperidine rings is 2. The van der Waals surface area contributed by atoms with Gasteiger partial charge in [-0.15, -0.1) is 0 Å². The first kappa shape index (κ1) is 18.9. The summed E-state index contributed by atoms with van der Waals surface area (Å²) in [5.74, 6) is -2.84. The number of anilines is 1. The molecule has 1 atom stereocenters. The second-order valence-electron chi connectivity index (χ2n) is 8.68.